The Kier molecular flexibility index (Phi) is 4.22. The first-order chi connectivity index (χ1) is 8.55. The highest BCUT2D eigenvalue weighted by molar-refractivity contribution is 7.91. The van der Waals surface area contributed by atoms with Gasteiger partial charge in [-0.3, -0.25) is 0 Å². The minimum absolute atomic E-state index is 0.0463. The van der Waals surface area contributed by atoms with E-state index in [9.17, 15) is 8.42 Å². The molecule has 1 aromatic rings. The van der Waals surface area contributed by atoms with Gasteiger partial charge >= 0.3 is 0 Å². The van der Waals surface area contributed by atoms with Crippen LogP contribution in [0.25, 0.3) is 0 Å². The van der Waals surface area contributed by atoms with Crippen molar-refractivity contribution >= 4 is 21.4 Å². The molecular formula is C12H17ClN2O2S. The van der Waals surface area contributed by atoms with Crippen LogP contribution in [0.3, 0.4) is 0 Å². The molecule has 0 amide bonds. The second-order valence-corrected chi connectivity index (χ2v) is 7.18. The first-order valence-corrected chi connectivity index (χ1v) is 8.52. The summed E-state index contributed by atoms with van der Waals surface area (Å²) in [5, 5.41) is 0. The van der Waals surface area contributed by atoms with Crippen molar-refractivity contribution in [2.45, 2.75) is 38.0 Å². The molecule has 1 fully saturated rings. The number of aromatic nitrogens is 2. The van der Waals surface area contributed by atoms with Crippen LogP contribution in [0.4, 0.5) is 0 Å². The Morgan fingerprint density at radius 2 is 2.28 bits per heavy atom. The average Bonchev–Trinajstić information content (AvgIpc) is 2.70. The van der Waals surface area contributed by atoms with Crippen LogP contribution in [-0.2, 0) is 22.1 Å². The molecule has 2 heterocycles. The van der Waals surface area contributed by atoms with Crippen molar-refractivity contribution in [3.05, 3.63) is 23.3 Å². The first kappa shape index (κ1) is 13.7. The van der Waals surface area contributed by atoms with Gasteiger partial charge in [-0.05, 0) is 12.8 Å². The van der Waals surface area contributed by atoms with E-state index in [2.05, 4.69) is 16.9 Å². The fourth-order valence-corrected chi connectivity index (χ4v) is 4.18. The van der Waals surface area contributed by atoms with Gasteiger partial charge in [0.15, 0.2) is 9.84 Å². The number of rotatable bonds is 4. The molecule has 0 aromatic carbocycles. The zero-order valence-corrected chi connectivity index (χ0v) is 12.0. The molecule has 0 aliphatic carbocycles. The van der Waals surface area contributed by atoms with Crippen LogP contribution in [0.2, 0.25) is 0 Å². The van der Waals surface area contributed by atoms with Crippen LogP contribution >= 0.6 is 11.6 Å². The molecule has 1 aromatic heterocycles. The summed E-state index contributed by atoms with van der Waals surface area (Å²) in [6, 6.07) is 0. The minimum atomic E-state index is -2.89. The van der Waals surface area contributed by atoms with Crippen LogP contribution < -0.4 is 0 Å². The third kappa shape index (κ3) is 3.01. The van der Waals surface area contributed by atoms with Gasteiger partial charge in [-0.25, -0.2) is 18.4 Å². The van der Waals surface area contributed by atoms with Crippen LogP contribution in [-0.4, -0.2) is 29.9 Å². The van der Waals surface area contributed by atoms with Crippen molar-refractivity contribution in [2.24, 2.45) is 0 Å². The Balaban J connectivity index is 2.27. The van der Waals surface area contributed by atoms with Gasteiger partial charge in [0.1, 0.15) is 5.82 Å². The van der Waals surface area contributed by atoms with E-state index in [0.717, 1.165) is 24.1 Å². The monoisotopic (exact) mass is 288 g/mol. The van der Waals surface area contributed by atoms with Crippen LogP contribution in [0.15, 0.2) is 6.20 Å². The van der Waals surface area contributed by atoms with Gasteiger partial charge in [-0.15, -0.1) is 11.6 Å². The standard InChI is InChI=1S/C12H17ClN2O2S/c1-2-3-11-10(6-13)7-14-12(15-11)9-4-5-18(16,17)8-9/h7,9H,2-6,8H2,1H3. The fraction of sp³-hybridized carbons (Fsp3) is 0.667. The van der Waals surface area contributed by atoms with E-state index in [4.69, 9.17) is 11.6 Å². The van der Waals surface area contributed by atoms with Crippen LogP contribution in [0, 0.1) is 0 Å². The smallest absolute Gasteiger partial charge is 0.151 e. The summed E-state index contributed by atoms with van der Waals surface area (Å²) in [5.41, 5.74) is 1.91. The zero-order valence-electron chi connectivity index (χ0n) is 10.4. The van der Waals surface area contributed by atoms with Crippen LogP contribution in [0.1, 0.15) is 42.8 Å². The predicted molar refractivity (Wildman–Crippen MR) is 71.6 cm³/mol. The molecule has 18 heavy (non-hydrogen) atoms. The fourth-order valence-electron chi connectivity index (χ4n) is 2.22. The molecule has 1 atom stereocenters. The molecule has 1 aliphatic heterocycles. The van der Waals surface area contributed by atoms with Crippen molar-refractivity contribution in [1.82, 2.24) is 9.97 Å². The summed E-state index contributed by atoms with van der Waals surface area (Å²) < 4.78 is 22.9. The van der Waals surface area contributed by atoms with E-state index in [-0.39, 0.29) is 17.4 Å². The zero-order chi connectivity index (χ0) is 13.2. The summed E-state index contributed by atoms with van der Waals surface area (Å²) in [4.78, 5) is 8.80. The summed E-state index contributed by atoms with van der Waals surface area (Å²) >= 11 is 5.85. The number of hydrogen-bond acceptors (Lipinski definition) is 4. The summed E-state index contributed by atoms with van der Waals surface area (Å²) in [5.74, 6) is 1.45. The molecule has 6 heteroatoms. The molecule has 0 N–H and O–H groups in total. The molecule has 2 rings (SSSR count). The Morgan fingerprint density at radius 3 is 2.83 bits per heavy atom. The normalized spacial score (nSPS) is 22.2. The SMILES string of the molecule is CCCc1nc(C2CCS(=O)(=O)C2)ncc1CCl. The molecule has 100 valence electrons. The lowest BCUT2D eigenvalue weighted by molar-refractivity contribution is 0.601. The Hall–Kier alpha value is -0.680. The minimum Gasteiger partial charge on any atom is -0.241 e. The second-order valence-electron chi connectivity index (χ2n) is 4.68. The lowest BCUT2D eigenvalue weighted by Gasteiger charge is -2.10. The van der Waals surface area contributed by atoms with Gasteiger partial charge in [0, 0.05) is 23.4 Å². The molecule has 1 saturated heterocycles. The summed E-state index contributed by atoms with van der Waals surface area (Å²) in [7, 11) is -2.89. The number of nitrogens with zero attached hydrogens (tertiary/aromatic N) is 2. The Morgan fingerprint density at radius 1 is 1.50 bits per heavy atom. The van der Waals surface area contributed by atoms with E-state index in [0.29, 0.717) is 18.1 Å². The van der Waals surface area contributed by atoms with E-state index < -0.39 is 9.84 Å². The van der Waals surface area contributed by atoms with Gasteiger partial charge in [0.2, 0.25) is 0 Å². The quantitative estimate of drug-likeness (QED) is 0.796. The highest BCUT2D eigenvalue weighted by atomic mass is 35.5. The number of aryl methyl sites for hydroxylation is 1. The maximum atomic E-state index is 11.5. The molecule has 0 bridgehead atoms. The van der Waals surface area contributed by atoms with E-state index >= 15 is 0 Å². The van der Waals surface area contributed by atoms with E-state index in [1.165, 1.54) is 0 Å². The van der Waals surface area contributed by atoms with Crippen molar-refractivity contribution in [1.29, 1.82) is 0 Å². The molecule has 1 unspecified atom stereocenters. The highest BCUT2D eigenvalue weighted by Crippen LogP contribution is 2.27. The van der Waals surface area contributed by atoms with Crippen molar-refractivity contribution in [3.8, 4) is 0 Å². The second kappa shape index (κ2) is 5.53. The number of sulfone groups is 1. The number of halogens is 1. The molecule has 0 spiro atoms. The lowest BCUT2D eigenvalue weighted by Crippen LogP contribution is -2.10. The van der Waals surface area contributed by atoms with Crippen LogP contribution in [0.5, 0.6) is 0 Å². The van der Waals surface area contributed by atoms with Gasteiger partial charge in [0.05, 0.1) is 17.4 Å². The van der Waals surface area contributed by atoms with E-state index in [1.54, 1.807) is 6.20 Å². The lowest BCUT2D eigenvalue weighted by atomic mass is 10.1. The van der Waals surface area contributed by atoms with Gasteiger partial charge in [-0.2, -0.15) is 0 Å². The predicted octanol–water partition coefficient (Wildman–Crippen LogP) is 2.07. The Bertz CT molecular complexity index is 531. The van der Waals surface area contributed by atoms with Crippen molar-refractivity contribution in [2.75, 3.05) is 11.5 Å². The van der Waals surface area contributed by atoms with E-state index in [1.807, 2.05) is 0 Å². The first-order valence-electron chi connectivity index (χ1n) is 6.17. The third-order valence-electron chi connectivity index (χ3n) is 3.20. The largest absolute Gasteiger partial charge is 0.241 e. The summed E-state index contributed by atoms with van der Waals surface area (Å²) in [6.45, 7) is 2.08. The van der Waals surface area contributed by atoms with Gasteiger partial charge < -0.3 is 0 Å². The average molecular weight is 289 g/mol. The summed E-state index contributed by atoms with van der Waals surface area (Å²) in [6.07, 6.45) is 4.22. The van der Waals surface area contributed by atoms with Gasteiger partial charge in [0.25, 0.3) is 0 Å². The van der Waals surface area contributed by atoms with Crippen molar-refractivity contribution < 1.29 is 8.42 Å². The number of hydrogen-bond donors (Lipinski definition) is 0. The molecular weight excluding hydrogens is 272 g/mol. The maximum absolute atomic E-state index is 11.5. The third-order valence-corrected chi connectivity index (χ3v) is 5.26. The van der Waals surface area contributed by atoms with Gasteiger partial charge in [-0.1, -0.05) is 13.3 Å². The molecule has 0 radical (unpaired) electrons. The molecule has 4 nitrogen and oxygen atoms in total. The number of alkyl halides is 1. The highest BCUT2D eigenvalue weighted by Gasteiger charge is 2.31. The molecule has 0 saturated carbocycles. The van der Waals surface area contributed by atoms with Crippen molar-refractivity contribution in [3.63, 3.8) is 0 Å². The Labute approximate surface area is 113 Å². The maximum Gasteiger partial charge on any atom is 0.151 e. The molecule has 1 aliphatic rings. The topological polar surface area (TPSA) is 59.9 Å².